The number of thiophene rings is 1. The van der Waals surface area contributed by atoms with E-state index in [-0.39, 0.29) is 10.3 Å². The van der Waals surface area contributed by atoms with Crippen molar-refractivity contribution in [1.29, 1.82) is 0 Å². The molecule has 0 amide bonds. The predicted octanol–water partition coefficient (Wildman–Crippen LogP) is 3.97. The standard InChI is InChI=1S/C10H15BrClNO2S3/c1-3-16-5-4-7(2)13-18(14,15)9-6-8(12)10(11)17-9/h6-7,13H,3-5H2,1-2H3. The van der Waals surface area contributed by atoms with E-state index < -0.39 is 10.0 Å². The maximum Gasteiger partial charge on any atom is 0.250 e. The third kappa shape index (κ3) is 5.02. The van der Waals surface area contributed by atoms with Crippen molar-refractivity contribution in [2.45, 2.75) is 30.5 Å². The van der Waals surface area contributed by atoms with Gasteiger partial charge in [-0.3, -0.25) is 0 Å². The first kappa shape index (κ1) is 16.8. The first-order valence-electron chi connectivity index (χ1n) is 5.41. The molecule has 1 aromatic heterocycles. The van der Waals surface area contributed by atoms with E-state index in [1.165, 1.54) is 6.07 Å². The fourth-order valence-electron chi connectivity index (χ4n) is 1.25. The molecule has 18 heavy (non-hydrogen) atoms. The van der Waals surface area contributed by atoms with Crippen molar-refractivity contribution in [2.24, 2.45) is 0 Å². The summed E-state index contributed by atoms with van der Waals surface area (Å²) in [5, 5.41) is 0.426. The summed E-state index contributed by atoms with van der Waals surface area (Å²) in [6, 6.07) is 1.39. The van der Waals surface area contributed by atoms with E-state index in [2.05, 4.69) is 27.6 Å². The van der Waals surface area contributed by atoms with Crippen molar-refractivity contribution in [3.8, 4) is 0 Å². The molecule has 1 aromatic rings. The molecule has 0 fully saturated rings. The van der Waals surface area contributed by atoms with Crippen LogP contribution in [0.3, 0.4) is 0 Å². The van der Waals surface area contributed by atoms with Gasteiger partial charge in [-0.25, -0.2) is 13.1 Å². The van der Waals surface area contributed by atoms with E-state index in [0.29, 0.717) is 8.81 Å². The Bertz CT molecular complexity index is 470. The van der Waals surface area contributed by atoms with Crippen LogP contribution >= 0.6 is 50.6 Å². The highest BCUT2D eigenvalue weighted by Crippen LogP contribution is 2.34. The predicted molar refractivity (Wildman–Crippen MR) is 84.4 cm³/mol. The molecule has 1 N–H and O–H groups in total. The Kier molecular flexibility index (Phi) is 6.99. The zero-order valence-corrected chi connectivity index (χ0v) is 14.9. The van der Waals surface area contributed by atoms with Gasteiger partial charge >= 0.3 is 0 Å². The molecule has 1 rings (SSSR count). The lowest BCUT2D eigenvalue weighted by atomic mass is 10.3. The molecule has 1 heterocycles. The lowest BCUT2D eigenvalue weighted by molar-refractivity contribution is 0.559. The third-order valence-corrected chi connectivity index (χ3v) is 7.61. The minimum Gasteiger partial charge on any atom is -0.208 e. The molecule has 0 radical (unpaired) electrons. The Balaban J connectivity index is 2.64. The van der Waals surface area contributed by atoms with Gasteiger partial charge < -0.3 is 0 Å². The van der Waals surface area contributed by atoms with Gasteiger partial charge in [0.25, 0.3) is 0 Å². The summed E-state index contributed by atoms with van der Waals surface area (Å²) in [6.45, 7) is 3.96. The fourth-order valence-corrected chi connectivity index (χ4v) is 5.75. The summed E-state index contributed by atoms with van der Waals surface area (Å²) in [7, 11) is -3.45. The summed E-state index contributed by atoms with van der Waals surface area (Å²) in [4.78, 5) is 0. The van der Waals surface area contributed by atoms with E-state index in [0.717, 1.165) is 29.3 Å². The number of thioether (sulfide) groups is 1. The number of nitrogens with one attached hydrogen (secondary N) is 1. The molecule has 8 heteroatoms. The highest BCUT2D eigenvalue weighted by Gasteiger charge is 2.21. The molecule has 0 aromatic carbocycles. The monoisotopic (exact) mass is 391 g/mol. The SMILES string of the molecule is CCSCCC(C)NS(=O)(=O)c1cc(Cl)c(Br)s1. The quantitative estimate of drug-likeness (QED) is 0.714. The van der Waals surface area contributed by atoms with Crippen molar-refractivity contribution in [3.63, 3.8) is 0 Å². The minimum absolute atomic E-state index is 0.0753. The van der Waals surface area contributed by atoms with Crippen LogP contribution in [0.1, 0.15) is 20.3 Å². The molecule has 0 saturated carbocycles. The summed E-state index contributed by atoms with van der Waals surface area (Å²) in [5.41, 5.74) is 0. The normalized spacial score (nSPS) is 13.8. The van der Waals surface area contributed by atoms with Crippen molar-refractivity contribution in [3.05, 3.63) is 14.9 Å². The maximum atomic E-state index is 12.1. The van der Waals surface area contributed by atoms with Crippen LogP contribution in [-0.2, 0) is 10.0 Å². The molecule has 0 aliphatic carbocycles. The lowest BCUT2D eigenvalue weighted by Gasteiger charge is -2.12. The summed E-state index contributed by atoms with van der Waals surface area (Å²) >= 11 is 12.0. The van der Waals surface area contributed by atoms with Gasteiger partial charge in [-0.1, -0.05) is 18.5 Å². The average molecular weight is 393 g/mol. The fraction of sp³-hybridized carbons (Fsp3) is 0.600. The van der Waals surface area contributed by atoms with Gasteiger partial charge in [-0.2, -0.15) is 11.8 Å². The van der Waals surface area contributed by atoms with Gasteiger partial charge in [0.15, 0.2) is 0 Å². The van der Waals surface area contributed by atoms with Crippen LogP contribution in [0.2, 0.25) is 5.02 Å². The van der Waals surface area contributed by atoms with Crippen molar-refractivity contribution < 1.29 is 8.42 Å². The first-order valence-corrected chi connectivity index (χ1v) is 10.0. The van der Waals surface area contributed by atoms with Crippen molar-refractivity contribution in [1.82, 2.24) is 4.72 Å². The second-order valence-electron chi connectivity index (χ2n) is 3.70. The number of rotatable bonds is 7. The first-order chi connectivity index (χ1) is 8.36. The van der Waals surface area contributed by atoms with Gasteiger partial charge in [0.1, 0.15) is 4.21 Å². The zero-order chi connectivity index (χ0) is 13.8. The van der Waals surface area contributed by atoms with E-state index in [1.54, 1.807) is 11.8 Å². The van der Waals surface area contributed by atoms with E-state index in [9.17, 15) is 8.42 Å². The van der Waals surface area contributed by atoms with Crippen LogP contribution in [-0.4, -0.2) is 26.0 Å². The van der Waals surface area contributed by atoms with Crippen LogP contribution in [0.4, 0.5) is 0 Å². The molecule has 0 aliphatic heterocycles. The topological polar surface area (TPSA) is 46.2 Å². The van der Waals surface area contributed by atoms with Crippen molar-refractivity contribution in [2.75, 3.05) is 11.5 Å². The van der Waals surface area contributed by atoms with Gasteiger partial charge in [-0.05, 0) is 46.8 Å². The summed E-state index contributed by atoms with van der Waals surface area (Å²) < 4.78 is 27.7. The lowest BCUT2D eigenvalue weighted by Crippen LogP contribution is -2.32. The van der Waals surface area contributed by atoms with Crippen LogP contribution in [0, 0.1) is 0 Å². The Labute approximate surface area is 130 Å². The van der Waals surface area contributed by atoms with Crippen LogP contribution < -0.4 is 4.72 Å². The van der Waals surface area contributed by atoms with Crippen LogP contribution in [0.25, 0.3) is 0 Å². The molecule has 0 saturated heterocycles. The maximum absolute atomic E-state index is 12.1. The number of hydrogen-bond acceptors (Lipinski definition) is 4. The summed E-state index contributed by atoms with van der Waals surface area (Å²) in [6.07, 6.45) is 0.817. The molecular formula is C10H15BrClNO2S3. The van der Waals surface area contributed by atoms with E-state index in [1.807, 2.05) is 6.92 Å². The minimum atomic E-state index is -3.45. The highest BCUT2D eigenvalue weighted by molar-refractivity contribution is 9.11. The zero-order valence-electron chi connectivity index (χ0n) is 10.1. The molecule has 3 nitrogen and oxygen atoms in total. The van der Waals surface area contributed by atoms with Gasteiger partial charge in [0, 0.05) is 6.04 Å². The molecule has 104 valence electrons. The number of halogens is 2. The largest absolute Gasteiger partial charge is 0.250 e. The third-order valence-electron chi connectivity index (χ3n) is 2.14. The summed E-state index contributed by atoms with van der Waals surface area (Å²) in [5.74, 6) is 2.00. The molecule has 0 spiro atoms. The van der Waals surface area contributed by atoms with Crippen LogP contribution in [0.15, 0.2) is 14.1 Å². The Morgan fingerprint density at radius 3 is 2.78 bits per heavy atom. The van der Waals surface area contributed by atoms with E-state index in [4.69, 9.17) is 11.6 Å². The van der Waals surface area contributed by atoms with Gasteiger partial charge in [0.2, 0.25) is 10.0 Å². The Morgan fingerprint density at radius 2 is 2.28 bits per heavy atom. The molecule has 0 bridgehead atoms. The molecule has 0 aliphatic rings. The van der Waals surface area contributed by atoms with Gasteiger partial charge in [-0.15, -0.1) is 11.3 Å². The molecular weight excluding hydrogens is 378 g/mol. The molecule has 1 atom stereocenters. The Hall–Kier alpha value is 0.730. The second kappa shape index (κ2) is 7.50. The van der Waals surface area contributed by atoms with Crippen molar-refractivity contribution >= 4 is 60.7 Å². The number of hydrogen-bond donors (Lipinski definition) is 1. The van der Waals surface area contributed by atoms with Crippen LogP contribution in [0.5, 0.6) is 0 Å². The molecule has 1 unspecified atom stereocenters. The highest BCUT2D eigenvalue weighted by atomic mass is 79.9. The Morgan fingerprint density at radius 1 is 1.61 bits per heavy atom. The smallest absolute Gasteiger partial charge is 0.208 e. The second-order valence-corrected chi connectivity index (χ2v) is 9.81. The number of sulfonamides is 1. The average Bonchev–Trinajstić information content (AvgIpc) is 2.60. The van der Waals surface area contributed by atoms with E-state index >= 15 is 0 Å². The van der Waals surface area contributed by atoms with Gasteiger partial charge in [0.05, 0.1) is 8.81 Å².